The van der Waals surface area contributed by atoms with E-state index in [1.165, 1.54) is 37.3 Å². The predicted molar refractivity (Wildman–Crippen MR) is 111 cm³/mol. The third-order valence-electron chi connectivity index (χ3n) is 5.29. The van der Waals surface area contributed by atoms with E-state index in [9.17, 15) is 23.7 Å². The summed E-state index contributed by atoms with van der Waals surface area (Å²) in [5, 5.41) is 21.4. The molecule has 4 aromatic rings. The molecule has 0 atom stereocenters. The van der Waals surface area contributed by atoms with Crippen LogP contribution in [-0.2, 0) is 6.18 Å². The molecular formula is C24H9F3N4. The summed E-state index contributed by atoms with van der Waals surface area (Å²) in [7, 11) is 0. The van der Waals surface area contributed by atoms with Gasteiger partial charge in [-0.25, -0.2) is 0 Å². The molecule has 0 aromatic heterocycles. The molecule has 4 aromatic carbocycles. The molecule has 0 saturated heterocycles. The van der Waals surface area contributed by atoms with Crippen LogP contribution < -0.4 is 0 Å². The lowest BCUT2D eigenvalue weighted by Crippen LogP contribution is -2.07. The molecule has 0 heterocycles. The number of rotatable bonds is 0. The van der Waals surface area contributed by atoms with Crippen LogP contribution in [0.3, 0.4) is 0 Å². The number of aryl methyl sites for hydroxylation is 1. The van der Waals surface area contributed by atoms with Gasteiger partial charge < -0.3 is 0 Å². The minimum atomic E-state index is -4.57. The van der Waals surface area contributed by atoms with E-state index in [0.717, 1.165) is 6.07 Å². The molecule has 0 N–H and O–H groups in total. The number of nitrogens with zero attached hydrogens (tertiary/aromatic N) is 4. The lowest BCUT2D eigenvalue weighted by atomic mass is 9.89. The number of fused-ring (bicyclic) bond motifs is 6. The van der Waals surface area contributed by atoms with Gasteiger partial charge >= 0.3 is 6.18 Å². The first-order valence-corrected chi connectivity index (χ1v) is 8.87. The van der Waals surface area contributed by atoms with Crippen LogP contribution in [0.1, 0.15) is 22.3 Å². The van der Waals surface area contributed by atoms with Crippen molar-refractivity contribution >= 4 is 43.7 Å². The minimum absolute atomic E-state index is 0.0217. The summed E-state index contributed by atoms with van der Waals surface area (Å²) in [6, 6.07) is 12.2. The van der Waals surface area contributed by atoms with Crippen molar-refractivity contribution in [3.63, 3.8) is 0 Å². The number of hydrogen-bond donors (Lipinski definition) is 0. The van der Waals surface area contributed by atoms with Crippen molar-refractivity contribution in [1.82, 2.24) is 0 Å². The fourth-order valence-electron chi connectivity index (χ4n) is 3.89. The Hall–Kier alpha value is -4.59. The average molecular weight is 410 g/mol. The van der Waals surface area contributed by atoms with Gasteiger partial charge in [0, 0.05) is 0 Å². The van der Waals surface area contributed by atoms with Crippen LogP contribution in [0.4, 0.5) is 24.5 Å². The van der Waals surface area contributed by atoms with E-state index >= 15 is 0 Å². The van der Waals surface area contributed by atoms with Crippen molar-refractivity contribution in [3.8, 4) is 12.1 Å². The third kappa shape index (κ3) is 2.89. The standard InChI is InChI=1S/C24H9F3N4/c1-12-4-15-18(7-21(12)24(25,26)27)16-5-13(10-28)14(11-29)6-17(16)20-9-23(31-3)22(30-2)8-19(15)20/h4-9H,1H3. The first-order chi connectivity index (χ1) is 14.7. The maximum Gasteiger partial charge on any atom is 0.416 e. The van der Waals surface area contributed by atoms with Gasteiger partial charge in [-0.05, 0) is 63.0 Å². The summed E-state index contributed by atoms with van der Waals surface area (Å²) in [6.07, 6.45) is -4.57. The Kier molecular flexibility index (Phi) is 4.28. The Morgan fingerprint density at radius 3 is 1.48 bits per heavy atom. The maximum atomic E-state index is 13.6. The lowest BCUT2D eigenvalue weighted by molar-refractivity contribution is -0.137. The fraction of sp³-hybridized carbons (Fsp3) is 0.0833. The Labute approximate surface area is 174 Å². The third-order valence-corrected chi connectivity index (χ3v) is 5.29. The van der Waals surface area contributed by atoms with E-state index in [1.807, 2.05) is 12.1 Å². The van der Waals surface area contributed by atoms with Crippen molar-refractivity contribution in [2.75, 3.05) is 0 Å². The van der Waals surface area contributed by atoms with Crippen LogP contribution >= 0.6 is 0 Å². The highest BCUT2D eigenvalue weighted by molar-refractivity contribution is 6.27. The van der Waals surface area contributed by atoms with Gasteiger partial charge in [-0.1, -0.05) is 18.2 Å². The summed E-state index contributed by atoms with van der Waals surface area (Å²) in [5.74, 6) is 0. The number of halogens is 3. The molecule has 0 spiro atoms. The second kappa shape index (κ2) is 6.74. The van der Waals surface area contributed by atoms with Crippen LogP contribution in [-0.4, -0.2) is 0 Å². The van der Waals surface area contributed by atoms with Crippen molar-refractivity contribution < 1.29 is 13.2 Å². The van der Waals surface area contributed by atoms with Gasteiger partial charge in [0.1, 0.15) is 12.1 Å². The molecule has 0 bridgehead atoms. The zero-order valence-corrected chi connectivity index (χ0v) is 15.9. The Bertz CT molecular complexity index is 1620. The highest BCUT2D eigenvalue weighted by atomic mass is 19.4. The van der Waals surface area contributed by atoms with Crippen LogP contribution in [0, 0.1) is 42.7 Å². The second-order valence-corrected chi connectivity index (χ2v) is 6.99. The molecule has 4 nitrogen and oxygen atoms in total. The number of benzene rings is 4. The van der Waals surface area contributed by atoms with Gasteiger partial charge in [-0.15, -0.1) is 0 Å². The lowest BCUT2D eigenvalue weighted by Gasteiger charge is -2.16. The van der Waals surface area contributed by atoms with Crippen LogP contribution in [0.25, 0.3) is 42.0 Å². The molecule has 31 heavy (non-hydrogen) atoms. The Balaban J connectivity index is 2.38. The fourth-order valence-corrected chi connectivity index (χ4v) is 3.89. The summed E-state index contributed by atoms with van der Waals surface area (Å²) in [6.45, 7) is 16.1. The predicted octanol–water partition coefficient (Wildman–Crippen LogP) is 7.32. The molecular weight excluding hydrogens is 401 g/mol. The molecule has 0 fully saturated rings. The minimum Gasteiger partial charge on any atom is -0.250 e. The highest BCUT2D eigenvalue weighted by Crippen LogP contribution is 2.44. The molecule has 0 amide bonds. The van der Waals surface area contributed by atoms with E-state index < -0.39 is 11.7 Å². The van der Waals surface area contributed by atoms with Gasteiger partial charge in [-0.3, -0.25) is 9.69 Å². The Morgan fingerprint density at radius 1 is 0.710 bits per heavy atom. The summed E-state index contributed by atoms with van der Waals surface area (Å²) >= 11 is 0. The number of hydrogen-bond acceptors (Lipinski definition) is 2. The highest BCUT2D eigenvalue weighted by Gasteiger charge is 2.33. The van der Waals surface area contributed by atoms with E-state index in [4.69, 9.17) is 13.1 Å². The van der Waals surface area contributed by atoms with E-state index in [2.05, 4.69) is 9.69 Å². The smallest absolute Gasteiger partial charge is 0.250 e. The second-order valence-electron chi connectivity index (χ2n) is 6.99. The molecule has 4 rings (SSSR count). The topological polar surface area (TPSA) is 56.3 Å². The molecule has 7 heteroatoms. The quantitative estimate of drug-likeness (QED) is 0.225. The first kappa shape index (κ1) is 19.7. The summed E-state index contributed by atoms with van der Waals surface area (Å²) in [4.78, 5) is 6.77. The van der Waals surface area contributed by atoms with Crippen LogP contribution in [0.15, 0.2) is 36.4 Å². The van der Waals surface area contributed by atoms with E-state index in [-0.39, 0.29) is 33.5 Å². The summed E-state index contributed by atoms with van der Waals surface area (Å²) < 4.78 is 40.8. The van der Waals surface area contributed by atoms with Crippen molar-refractivity contribution in [3.05, 3.63) is 81.5 Å². The zero-order chi connectivity index (χ0) is 22.5. The van der Waals surface area contributed by atoms with E-state index in [1.54, 1.807) is 0 Å². The first-order valence-electron chi connectivity index (χ1n) is 8.87. The normalized spacial score (nSPS) is 11.1. The molecule has 0 saturated carbocycles. The zero-order valence-electron chi connectivity index (χ0n) is 15.9. The van der Waals surface area contributed by atoms with Crippen LogP contribution in [0.5, 0.6) is 0 Å². The largest absolute Gasteiger partial charge is 0.416 e. The molecule has 0 unspecified atom stereocenters. The molecule has 0 aliphatic carbocycles. The summed E-state index contributed by atoms with van der Waals surface area (Å²) in [5.41, 5.74) is -0.449. The van der Waals surface area contributed by atoms with Gasteiger partial charge in [0.15, 0.2) is 11.4 Å². The molecule has 0 radical (unpaired) electrons. The monoisotopic (exact) mass is 410 g/mol. The molecule has 0 aliphatic heterocycles. The Morgan fingerprint density at radius 2 is 1.10 bits per heavy atom. The molecule has 146 valence electrons. The SMILES string of the molecule is [C-]#[N+]c1cc2c3cc(C)c(C(F)(F)F)cc3c3cc(C#N)c(C#N)cc3c2cc1[N+]#[C-]. The van der Waals surface area contributed by atoms with Crippen molar-refractivity contribution in [2.45, 2.75) is 13.1 Å². The van der Waals surface area contributed by atoms with Crippen molar-refractivity contribution in [1.29, 1.82) is 10.5 Å². The number of nitriles is 2. The van der Waals surface area contributed by atoms with E-state index in [0.29, 0.717) is 26.9 Å². The van der Waals surface area contributed by atoms with Crippen molar-refractivity contribution in [2.24, 2.45) is 0 Å². The van der Waals surface area contributed by atoms with Gasteiger partial charge in [0.25, 0.3) is 0 Å². The van der Waals surface area contributed by atoms with Gasteiger partial charge in [-0.2, -0.15) is 23.7 Å². The van der Waals surface area contributed by atoms with Crippen LogP contribution in [0.2, 0.25) is 0 Å². The van der Waals surface area contributed by atoms with Gasteiger partial charge in [0.05, 0.1) is 29.8 Å². The average Bonchev–Trinajstić information content (AvgIpc) is 2.76. The molecule has 0 aliphatic rings. The maximum absolute atomic E-state index is 13.6. The van der Waals surface area contributed by atoms with Gasteiger partial charge in [0.2, 0.25) is 0 Å². The number of alkyl halides is 3.